The number of hydrogen-bond acceptors (Lipinski definition) is 4. The average molecular weight is 329 g/mol. The lowest BCUT2D eigenvalue weighted by molar-refractivity contribution is 0.415. The number of pyridine rings is 1. The van der Waals surface area contributed by atoms with Crippen LogP contribution in [0.1, 0.15) is 22.4 Å². The molecule has 0 aliphatic carbocycles. The zero-order valence-electron chi connectivity index (χ0n) is 13.6. The Balaban J connectivity index is 1.90. The van der Waals surface area contributed by atoms with Crippen molar-refractivity contribution >= 4 is 21.8 Å². The Morgan fingerprint density at radius 1 is 1.22 bits per heavy atom. The number of aromatic nitrogens is 3. The minimum Gasteiger partial charge on any atom is -0.497 e. The van der Waals surface area contributed by atoms with Crippen LogP contribution in [0, 0.1) is 20.8 Å². The number of nitrogens with zero attached hydrogens (tertiary/aromatic N) is 2. The van der Waals surface area contributed by atoms with Crippen LogP contribution in [-0.2, 0) is 16.6 Å². The molecule has 3 aromatic rings. The number of rotatable bonds is 4. The minimum atomic E-state index is -1.27. The molecular weight excluding hydrogens is 310 g/mol. The zero-order chi connectivity index (χ0) is 16.6. The first kappa shape index (κ1) is 15.7. The van der Waals surface area contributed by atoms with Crippen LogP contribution < -0.4 is 4.74 Å². The Morgan fingerprint density at radius 2 is 2.00 bits per heavy atom. The first-order valence-corrected chi connectivity index (χ1v) is 8.65. The molecule has 0 amide bonds. The summed E-state index contributed by atoms with van der Waals surface area (Å²) >= 11 is 0. The molecule has 0 aliphatic rings. The van der Waals surface area contributed by atoms with E-state index in [1.165, 1.54) is 5.56 Å². The van der Waals surface area contributed by atoms with Gasteiger partial charge in [0.1, 0.15) is 5.75 Å². The molecule has 0 aliphatic heterocycles. The number of fused-ring (bicyclic) bond motifs is 1. The Hall–Kier alpha value is -2.21. The topological polar surface area (TPSA) is 67.9 Å². The summed E-state index contributed by atoms with van der Waals surface area (Å²) in [5, 5.41) is 0.465. The van der Waals surface area contributed by atoms with Crippen LogP contribution in [0.4, 0.5) is 0 Å². The minimum absolute atomic E-state index is 0.351. The van der Waals surface area contributed by atoms with Gasteiger partial charge in [0.2, 0.25) is 0 Å². The van der Waals surface area contributed by atoms with Gasteiger partial charge in [0, 0.05) is 12.3 Å². The van der Waals surface area contributed by atoms with E-state index < -0.39 is 10.8 Å². The molecule has 0 radical (unpaired) electrons. The number of ether oxygens (including phenoxy) is 1. The fourth-order valence-electron chi connectivity index (χ4n) is 2.42. The van der Waals surface area contributed by atoms with Gasteiger partial charge in [-0.2, -0.15) is 0 Å². The highest BCUT2D eigenvalue weighted by atomic mass is 32.2. The lowest BCUT2D eigenvalue weighted by Crippen LogP contribution is -2.04. The fraction of sp³-hybridized carbons (Fsp3) is 0.294. The number of benzene rings is 1. The zero-order valence-corrected chi connectivity index (χ0v) is 14.5. The molecule has 1 aromatic carbocycles. The molecule has 6 heteroatoms. The van der Waals surface area contributed by atoms with Crippen molar-refractivity contribution in [3.05, 3.63) is 46.8 Å². The van der Waals surface area contributed by atoms with Crippen LogP contribution in [0.2, 0.25) is 0 Å². The number of methoxy groups -OCH3 is 1. The molecule has 2 heterocycles. The molecule has 0 saturated carbocycles. The summed E-state index contributed by atoms with van der Waals surface area (Å²) in [6.07, 6.45) is 1.83. The van der Waals surface area contributed by atoms with Crippen LogP contribution >= 0.6 is 0 Å². The van der Waals surface area contributed by atoms with E-state index in [0.717, 1.165) is 33.6 Å². The second kappa shape index (κ2) is 6.12. The van der Waals surface area contributed by atoms with Crippen LogP contribution in [0.5, 0.6) is 5.75 Å². The third-order valence-electron chi connectivity index (χ3n) is 4.15. The number of aromatic amines is 1. The van der Waals surface area contributed by atoms with E-state index in [2.05, 4.69) is 21.9 Å². The Labute approximate surface area is 137 Å². The van der Waals surface area contributed by atoms with E-state index in [4.69, 9.17) is 4.74 Å². The van der Waals surface area contributed by atoms with Crippen molar-refractivity contribution < 1.29 is 8.95 Å². The molecular formula is C17H19N3O2S. The van der Waals surface area contributed by atoms with Gasteiger partial charge in [-0.25, -0.2) is 4.98 Å². The van der Waals surface area contributed by atoms with E-state index in [1.54, 1.807) is 7.11 Å². The number of aryl methyl sites for hydroxylation is 1. The van der Waals surface area contributed by atoms with Gasteiger partial charge in [0.15, 0.2) is 5.16 Å². The second-order valence-electron chi connectivity index (χ2n) is 5.55. The van der Waals surface area contributed by atoms with Gasteiger partial charge >= 0.3 is 0 Å². The molecule has 2 aromatic heterocycles. The summed E-state index contributed by atoms with van der Waals surface area (Å²) in [6, 6.07) is 5.54. The van der Waals surface area contributed by atoms with Crippen LogP contribution in [0.25, 0.3) is 11.0 Å². The van der Waals surface area contributed by atoms with E-state index in [0.29, 0.717) is 10.9 Å². The molecule has 5 nitrogen and oxygen atoms in total. The maximum Gasteiger partial charge on any atom is 0.197 e. The maximum absolute atomic E-state index is 12.6. The largest absolute Gasteiger partial charge is 0.497 e. The van der Waals surface area contributed by atoms with Crippen molar-refractivity contribution in [2.45, 2.75) is 31.7 Å². The van der Waals surface area contributed by atoms with Gasteiger partial charge in [-0.15, -0.1) is 0 Å². The first-order valence-electron chi connectivity index (χ1n) is 7.33. The molecule has 23 heavy (non-hydrogen) atoms. The van der Waals surface area contributed by atoms with E-state index >= 15 is 0 Å². The van der Waals surface area contributed by atoms with Gasteiger partial charge in [0.25, 0.3) is 0 Å². The van der Waals surface area contributed by atoms with Crippen LogP contribution in [0.3, 0.4) is 0 Å². The summed E-state index contributed by atoms with van der Waals surface area (Å²) in [5.74, 6) is 1.09. The van der Waals surface area contributed by atoms with Crippen molar-refractivity contribution in [2.75, 3.05) is 7.11 Å². The Morgan fingerprint density at radius 3 is 2.74 bits per heavy atom. The first-order chi connectivity index (χ1) is 11.0. The Bertz CT molecular complexity index is 902. The number of H-pyrrole nitrogens is 1. The second-order valence-corrected chi connectivity index (χ2v) is 6.92. The normalized spacial score (nSPS) is 12.5. The summed E-state index contributed by atoms with van der Waals surface area (Å²) in [5.41, 5.74) is 5.88. The van der Waals surface area contributed by atoms with Gasteiger partial charge in [0.05, 0.1) is 40.4 Å². The number of hydrogen-bond donors (Lipinski definition) is 1. The predicted molar refractivity (Wildman–Crippen MR) is 91.2 cm³/mol. The molecule has 1 atom stereocenters. The fourth-order valence-corrected chi connectivity index (χ4v) is 3.52. The highest BCUT2D eigenvalue weighted by Gasteiger charge is 2.14. The molecule has 0 bridgehead atoms. The van der Waals surface area contributed by atoms with Gasteiger partial charge in [-0.05, 0) is 49.6 Å². The van der Waals surface area contributed by atoms with Crippen LogP contribution in [-0.4, -0.2) is 26.3 Å². The van der Waals surface area contributed by atoms with Crippen LogP contribution in [0.15, 0.2) is 29.6 Å². The summed E-state index contributed by atoms with van der Waals surface area (Å²) in [4.78, 5) is 12.0. The van der Waals surface area contributed by atoms with Crippen molar-refractivity contribution in [1.82, 2.24) is 15.0 Å². The lowest BCUT2D eigenvalue weighted by Gasteiger charge is -2.09. The van der Waals surface area contributed by atoms with E-state index in [-0.39, 0.29) is 0 Å². The third-order valence-corrected chi connectivity index (χ3v) is 5.31. The maximum atomic E-state index is 12.6. The molecule has 1 unspecified atom stereocenters. The van der Waals surface area contributed by atoms with Gasteiger partial charge in [-0.1, -0.05) is 0 Å². The lowest BCUT2D eigenvalue weighted by atomic mass is 10.1. The van der Waals surface area contributed by atoms with Crippen molar-refractivity contribution in [1.29, 1.82) is 0 Å². The van der Waals surface area contributed by atoms with Crippen molar-refractivity contribution in [2.24, 2.45) is 0 Å². The molecule has 0 saturated heterocycles. The highest BCUT2D eigenvalue weighted by molar-refractivity contribution is 7.84. The molecule has 1 N–H and O–H groups in total. The molecule has 0 fully saturated rings. The van der Waals surface area contributed by atoms with Gasteiger partial charge in [-0.3, -0.25) is 9.19 Å². The highest BCUT2D eigenvalue weighted by Crippen LogP contribution is 2.22. The van der Waals surface area contributed by atoms with E-state index in [1.807, 2.05) is 38.2 Å². The smallest absolute Gasteiger partial charge is 0.197 e. The number of nitrogens with one attached hydrogen (secondary N) is 1. The van der Waals surface area contributed by atoms with Crippen molar-refractivity contribution in [3.8, 4) is 5.75 Å². The molecule has 3 rings (SSSR count). The predicted octanol–water partition coefficient (Wildman–Crippen LogP) is 3.20. The monoisotopic (exact) mass is 329 g/mol. The standard InChI is InChI=1S/C17H19N3O2S/c1-10-8-18-16(12(3)11(10)2)9-23(21)17-19-14-6-5-13(22-4)7-15(14)20-17/h5-8H,9H2,1-4H3,(H,19,20). The van der Waals surface area contributed by atoms with Gasteiger partial charge < -0.3 is 9.72 Å². The SMILES string of the molecule is COc1ccc2nc(S(=O)Cc3ncc(C)c(C)c3C)[nH]c2c1. The molecule has 0 spiro atoms. The van der Waals surface area contributed by atoms with E-state index in [9.17, 15) is 4.21 Å². The Kier molecular flexibility index (Phi) is 4.17. The summed E-state index contributed by atoms with van der Waals surface area (Å²) < 4.78 is 17.8. The molecule has 120 valence electrons. The van der Waals surface area contributed by atoms with Crippen molar-refractivity contribution in [3.63, 3.8) is 0 Å². The summed E-state index contributed by atoms with van der Waals surface area (Å²) in [6.45, 7) is 6.11. The third kappa shape index (κ3) is 2.99. The average Bonchev–Trinajstić information content (AvgIpc) is 2.98. The number of imidazole rings is 1. The summed E-state index contributed by atoms with van der Waals surface area (Å²) in [7, 11) is 0.345. The quantitative estimate of drug-likeness (QED) is 0.798.